The summed E-state index contributed by atoms with van der Waals surface area (Å²) in [7, 11) is 1.58. The van der Waals surface area contributed by atoms with E-state index in [0.29, 0.717) is 13.0 Å². The van der Waals surface area contributed by atoms with E-state index in [9.17, 15) is 4.79 Å². The SMILES string of the molecule is COCC(C)(CCO)NC(=O)/C=C/c1cc(C)c(C)cc1C. The second-order valence-corrected chi connectivity index (χ2v) is 6.08. The molecule has 0 saturated heterocycles. The highest BCUT2D eigenvalue weighted by Crippen LogP contribution is 2.17. The van der Waals surface area contributed by atoms with Gasteiger partial charge in [0.15, 0.2) is 0 Å². The Morgan fingerprint density at radius 1 is 1.27 bits per heavy atom. The molecular weight excluding hydrogens is 278 g/mol. The first-order valence-electron chi connectivity index (χ1n) is 7.49. The number of aliphatic hydroxyl groups is 1. The fourth-order valence-electron chi connectivity index (χ4n) is 2.40. The molecule has 4 nitrogen and oxygen atoms in total. The van der Waals surface area contributed by atoms with Crippen molar-refractivity contribution in [1.29, 1.82) is 0 Å². The zero-order valence-electron chi connectivity index (χ0n) is 14.2. The van der Waals surface area contributed by atoms with Gasteiger partial charge in [0.25, 0.3) is 0 Å². The number of hydrogen-bond donors (Lipinski definition) is 2. The smallest absolute Gasteiger partial charge is 0.244 e. The summed E-state index contributed by atoms with van der Waals surface area (Å²) in [6, 6.07) is 4.20. The lowest BCUT2D eigenvalue weighted by Crippen LogP contribution is -2.49. The highest BCUT2D eigenvalue weighted by molar-refractivity contribution is 5.92. The van der Waals surface area contributed by atoms with Crippen LogP contribution in [-0.2, 0) is 9.53 Å². The number of aliphatic hydroxyl groups excluding tert-OH is 1. The maximum absolute atomic E-state index is 12.1. The minimum atomic E-state index is -0.566. The molecule has 1 aromatic rings. The largest absolute Gasteiger partial charge is 0.396 e. The van der Waals surface area contributed by atoms with Crippen molar-refractivity contribution in [2.75, 3.05) is 20.3 Å². The normalized spacial score (nSPS) is 14.1. The Labute approximate surface area is 133 Å². The number of aryl methyl sites for hydroxylation is 3. The summed E-state index contributed by atoms with van der Waals surface area (Å²) in [4.78, 5) is 12.1. The van der Waals surface area contributed by atoms with Crippen molar-refractivity contribution in [2.24, 2.45) is 0 Å². The van der Waals surface area contributed by atoms with E-state index in [1.807, 2.05) is 19.9 Å². The Bertz CT molecular complexity index is 544. The molecule has 22 heavy (non-hydrogen) atoms. The minimum Gasteiger partial charge on any atom is -0.396 e. The molecule has 0 heterocycles. The predicted octanol–water partition coefficient (Wildman–Crippen LogP) is 2.53. The highest BCUT2D eigenvalue weighted by Gasteiger charge is 2.24. The quantitative estimate of drug-likeness (QED) is 0.761. The topological polar surface area (TPSA) is 58.6 Å². The van der Waals surface area contributed by atoms with Crippen molar-refractivity contribution in [2.45, 2.75) is 39.7 Å². The molecule has 0 bridgehead atoms. The fourth-order valence-corrected chi connectivity index (χ4v) is 2.40. The maximum atomic E-state index is 12.1. The van der Waals surface area contributed by atoms with Crippen LogP contribution in [0, 0.1) is 20.8 Å². The molecule has 0 aliphatic heterocycles. The Morgan fingerprint density at radius 3 is 2.50 bits per heavy atom. The monoisotopic (exact) mass is 305 g/mol. The number of carbonyl (C=O) groups is 1. The molecule has 0 saturated carbocycles. The van der Waals surface area contributed by atoms with Gasteiger partial charge >= 0.3 is 0 Å². The lowest BCUT2D eigenvalue weighted by molar-refractivity contribution is -0.119. The van der Waals surface area contributed by atoms with Crippen LogP contribution in [0.5, 0.6) is 0 Å². The molecule has 4 heteroatoms. The van der Waals surface area contributed by atoms with Crippen LogP contribution in [0.3, 0.4) is 0 Å². The van der Waals surface area contributed by atoms with Crippen molar-refractivity contribution in [1.82, 2.24) is 5.32 Å². The molecule has 0 aliphatic rings. The van der Waals surface area contributed by atoms with Crippen LogP contribution in [0.2, 0.25) is 0 Å². The third-order valence-electron chi connectivity index (χ3n) is 3.85. The van der Waals surface area contributed by atoms with E-state index >= 15 is 0 Å². The van der Waals surface area contributed by atoms with Crippen LogP contribution >= 0.6 is 0 Å². The number of carbonyl (C=O) groups excluding carboxylic acids is 1. The van der Waals surface area contributed by atoms with Crippen LogP contribution in [0.1, 0.15) is 35.6 Å². The van der Waals surface area contributed by atoms with Gasteiger partial charge in [0.1, 0.15) is 0 Å². The molecule has 1 atom stereocenters. The first kappa shape index (κ1) is 18.4. The van der Waals surface area contributed by atoms with Gasteiger partial charge in [-0.05, 0) is 62.4 Å². The third kappa shape index (κ3) is 5.28. The molecule has 1 unspecified atom stereocenters. The van der Waals surface area contributed by atoms with Crippen LogP contribution in [0.25, 0.3) is 6.08 Å². The van der Waals surface area contributed by atoms with E-state index < -0.39 is 5.54 Å². The summed E-state index contributed by atoms with van der Waals surface area (Å²) in [5.74, 6) is -0.189. The molecule has 0 spiro atoms. The van der Waals surface area contributed by atoms with Gasteiger partial charge in [-0.3, -0.25) is 4.79 Å². The lowest BCUT2D eigenvalue weighted by atomic mass is 9.99. The maximum Gasteiger partial charge on any atom is 0.244 e. The second kappa shape index (κ2) is 8.11. The molecule has 0 aromatic heterocycles. The second-order valence-electron chi connectivity index (χ2n) is 6.08. The number of ether oxygens (including phenoxy) is 1. The zero-order valence-corrected chi connectivity index (χ0v) is 14.2. The molecule has 0 fully saturated rings. The van der Waals surface area contributed by atoms with E-state index in [-0.39, 0.29) is 12.5 Å². The van der Waals surface area contributed by atoms with Crippen molar-refractivity contribution in [3.8, 4) is 0 Å². The van der Waals surface area contributed by atoms with Gasteiger partial charge in [0, 0.05) is 19.8 Å². The van der Waals surface area contributed by atoms with Gasteiger partial charge in [0.05, 0.1) is 12.1 Å². The summed E-state index contributed by atoms with van der Waals surface area (Å²) in [6.45, 7) is 8.39. The number of rotatable bonds is 7. The van der Waals surface area contributed by atoms with Crippen molar-refractivity contribution >= 4 is 12.0 Å². The highest BCUT2D eigenvalue weighted by atomic mass is 16.5. The summed E-state index contributed by atoms with van der Waals surface area (Å²) >= 11 is 0. The standard InChI is InChI=1S/C18H27NO3/c1-13-10-15(3)16(11-14(13)2)6-7-17(21)19-18(4,8-9-20)12-22-5/h6-7,10-11,20H,8-9,12H2,1-5H3,(H,19,21)/b7-6+. The van der Waals surface area contributed by atoms with E-state index in [0.717, 1.165) is 11.1 Å². The number of amides is 1. The first-order valence-corrected chi connectivity index (χ1v) is 7.49. The summed E-state index contributed by atoms with van der Waals surface area (Å²) in [5.41, 5.74) is 4.06. The molecule has 0 radical (unpaired) electrons. The zero-order chi connectivity index (χ0) is 16.8. The van der Waals surface area contributed by atoms with Crippen LogP contribution in [-0.4, -0.2) is 36.9 Å². The van der Waals surface area contributed by atoms with E-state index in [1.165, 1.54) is 17.2 Å². The van der Waals surface area contributed by atoms with E-state index in [4.69, 9.17) is 9.84 Å². The molecule has 1 aromatic carbocycles. The molecule has 1 rings (SSSR count). The molecule has 122 valence electrons. The van der Waals surface area contributed by atoms with Crippen LogP contribution < -0.4 is 5.32 Å². The van der Waals surface area contributed by atoms with Gasteiger partial charge in [-0.15, -0.1) is 0 Å². The van der Waals surface area contributed by atoms with Crippen LogP contribution in [0.4, 0.5) is 0 Å². The average molecular weight is 305 g/mol. The lowest BCUT2D eigenvalue weighted by Gasteiger charge is -2.28. The summed E-state index contributed by atoms with van der Waals surface area (Å²) in [5, 5.41) is 12.0. The minimum absolute atomic E-state index is 0.000118. The van der Waals surface area contributed by atoms with Gasteiger partial charge in [-0.25, -0.2) is 0 Å². The molecular formula is C18H27NO3. The van der Waals surface area contributed by atoms with Gasteiger partial charge < -0.3 is 15.2 Å². The van der Waals surface area contributed by atoms with E-state index in [2.05, 4.69) is 31.3 Å². The molecule has 2 N–H and O–H groups in total. The molecule has 1 amide bonds. The average Bonchev–Trinajstić information content (AvgIpc) is 2.41. The van der Waals surface area contributed by atoms with E-state index in [1.54, 1.807) is 7.11 Å². The third-order valence-corrected chi connectivity index (χ3v) is 3.85. The van der Waals surface area contributed by atoms with Gasteiger partial charge in [-0.1, -0.05) is 12.1 Å². The summed E-state index contributed by atoms with van der Waals surface area (Å²) in [6.07, 6.45) is 3.80. The van der Waals surface area contributed by atoms with Crippen molar-refractivity contribution in [3.63, 3.8) is 0 Å². The predicted molar refractivity (Wildman–Crippen MR) is 89.8 cm³/mol. The van der Waals surface area contributed by atoms with Gasteiger partial charge in [0.2, 0.25) is 5.91 Å². The number of hydrogen-bond acceptors (Lipinski definition) is 3. The van der Waals surface area contributed by atoms with Gasteiger partial charge in [-0.2, -0.15) is 0 Å². The Morgan fingerprint density at radius 2 is 1.91 bits per heavy atom. The summed E-state index contributed by atoms with van der Waals surface area (Å²) < 4.78 is 5.12. The Kier molecular flexibility index (Phi) is 6.78. The van der Waals surface area contributed by atoms with Crippen molar-refractivity contribution < 1.29 is 14.6 Å². The van der Waals surface area contributed by atoms with Crippen LogP contribution in [0.15, 0.2) is 18.2 Å². The number of methoxy groups -OCH3 is 1. The Balaban J connectivity index is 2.81. The first-order chi connectivity index (χ1) is 10.3. The molecule has 0 aliphatic carbocycles. The fraction of sp³-hybridized carbons (Fsp3) is 0.500. The van der Waals surface area contributed by atoms with Crippen molar-refractivity contribution in [3.05, 3.63) is 40.5 Å². The number of benzene rings is 1. The number of nitrogens with one attached hydrogen (secondary N) is 1. The Hall–Kier alpha value is -1.65.